The lowest BCUT2D eigenvalue weighted by Crippen LogP contribution is -2.64. The summed E-state index contributed by atoms with van der Waals surface area (Å²) in [6, 6.07) is -11.2. The number of guanidine groups is 1. The molecule has 0 radical (unpaired) electrons. The van der Waals surface area contributed by atoms with Crippen molar-refractivity contribution in [1.29, 1.82) is 0 Å². The third kappa shape index (κ3) is 33.3. The summed E-state index contributed by atoms with van der Waals surface area (Å²) in [5.41, 5.74) is 10.1. The molecule has 1 heterocycles. The summed E-state index contributed by atoms with van der Waals surface area (Å²) >= 11 is 0. The molecule has 0 bridgehead atoms. The predicted octanol–water partition coefficient (Wildman–Crippen LogP) is -2.63. The number of alkyl carbamates (subject to hydrolysis) is 1. The number of aliphatic hydroxyl groups excluding tert-OH is 4. The van der Waals surface area contributed by atoms with Gasteiger partial charge in [-0.05, 0) is 95.0 Å². The van der Waals surface area contributed by atoms with Gasteiger partial charge in [0, 0.05) is 20.6 Å². The molecule has 0 saturated carbocycles. The Kier molecular flexibility index (Phi) is 39.6. The van der Waals surface area contributed by atoms with E-state index < -0.39 is 216 Å². The molecule has 2 rings (SSSR count). The number of aliphatic hydroxyl groups is 4. The highest BCUT2D eigenvalue weighted by Crippen LogP contribution is 2.25. The first-order valence-electron chi connectivity index (χ1n) is 34.4. The first kappa shape index (κ1) is 94.5. The van der Waals surface area contributed by atoms with E-state index in [4.69, 9.17) is 30.8 Å². The van der Waals surface area contributed by atoms with Crippen molar-refractivity contribution in [2.24, 2.45) is 46.0 Å². The molecule has 0 aromatic heterocycles. The van der Waals surface area contributed by atoms with Gasteiger partial charge in [0.1, 0.15) is 60.0 Å². The first-order chi connectivity index (χ1) is 49.0. The zero-order valence-corrected chi connectivity index (χ0v) is 62.7. The van der Waals surface area contributed by atoms with Gasteiger partial charge >= 0.3 is 24.2 Å². The number of carbonyl (C=O) groups excluding carboxylic acids is 13. The van der Waals surface area contributed by atoms with E-state index in [9.17, 15) is 81.5 Å². The fourth-order valence-electron chi connectivity index (χ4n) is 10.0. The van der Waals surface area contributed by atoms with Gasteiger partial charge in [-0.15, -0.1) is 0 Å². The number of cyclic esters (lactones) is 1. The molecule has 0 spiro atoms. The normalized spacial score (nSPS) is 22.8. The predicted molar refractivity (Wildman–Crippen MR) is 375 cm³/mol. The molecular weight excluding hydrogens is 1410 g/mol. The fourth-order valence-corrected chi connectivity index (χ4v) is 10.0. The number of carboxylic acid groups (broad SMARTS) is 1. The molecule has 1 aromatic carbocycles. The van der Waals surface area contributed by atoms with Crippen LogP contribution in [0, 0.1) is 29.6 Å². The number of amides is 12. The van der Waals surface area contributed by atoms with Gasteiger partial charge in [0.05, 0.1) is 25.4 Å². The van der Waals surface area contributed by atoms with Crippen molar-refractivity contribution in [2.45, 2.75) is 232 Å². The van der Waals surface area contributed by atoms with Crippen LogP contribution in [0.25, 0.3) is 0 Å². The molecule has 0 unspecified atom stereocenters. The van der Waals surface area contributed by atoms with Crippen LogP contribution in [0.2, 0.25) is 0 Å². The summed E-state index contributed by atoms with van der Waals surface area (Å²) in [6.45, 7) is 20.0. The van der Waals surface area contributed by atoms with Crippen LogP contribution < -0.4 is 70.0 Å². The SMILES string of the molecule is CC[C@H](C)[C@@H]1NC(=O)[C@@H](CCCN=C(N)N)NC(=O)[C@H](CC(C)C)NC(=O)[C@H]([C@H](O)C(C)C)NC(=O)[C@@H](NC(=O)[C@H](CC(C)C)NC(=O)[C@@H](CC(C)C)NC(=O)OC(C)(C)C)[C@@H](c2ccccc2)OC(=O)[C@H](CO)NC(=O)[C@H]([C@H](O)C(=O)N(C)C)NC(=O)CNC(=O)[C@H]([C@H](C)O)NC1=O.O=C(O)C(F)(F)F. The Morgan fingerprint density at radius 2 is 1.16 bits per heavy atom. The van der Waals surface area contributed by atoms with Crippen LogP contribution in [0.4, 0.5) is 18.0 Å². The minimum atomic E-state index is -5.08. The number of nitrogens with zero attached hydrogens (tertiary/aromatic N) is 2. The molecule has 15 atom stereocenters. The second-order valence-electron chi connectivity index (χ2n) is 28.3. The topological polar surface area (TPSA) is 559 Å². The molecule has 1 saturated heterocycles. The van der Waals surface area contributed by atoms with E-state index in [0.29, 0.717) is 0 Å². The van der Waals surface area contributed by atoms with E-state index in [1.54, 1.807) is 76.2 Å². The number of alkyl halides is 3. The zero-order valence-electron chi connectivity index (χ0n) is 62.7. The second-order valence-corrected chi connectivity index (χ2v) is 28.3. The Morgan fingerprint density at radius 3 is 1.64 bits per heavy atom. The van der Waals surface area contributed by atoms with Crippen LogP contribution in [0.5, 0.6) is 0 Å². The molecule has 1 aromatic rings. The van der Waals surface area contributed by atoms with E-state index >= 15 is 14.4 Å². The number of hydrogen-bond donors (Lipinski definition) is 18. The fraction of sp³-hybridized carbons (Fsp3) is 0.687. The summed E-state index contributed by atoms with van der Waals surface area (Å²) in [5.74, 6) is -20.1. The third-order valence-electron chi connectivity index (χ3n) is 15.7. The Balaban J connectivity index is 0.00000760. The molecule has 600 valence electrons. The largest absolute Gasteiger partial charge is 0.490 e. The number of nitrogens with two attached hydrogens (primary N) is 2. The summed E-state index contributed by atoms with van der Waals surface area (Å²) in [7, 11) is 2.37. The maximum absolute atomic E-state index is 15.6. The van der Waals surface area contributed by atoms with Gasteiger partial charge in [0.2, 0.25) is 59.1 Å². The molecule has 12 amide bonds. The molecule has 1 aliphatic rings. The first-order valence-corrected chi connectivity index (χ1v) is 34.4. The number of aliphatic carboxylic acids is 1. The number of rotatable bonds is 24. The van der Waals surface area contributed by atoms with Crippen LogP contribution in [0.3, 0.4) is 0 Å². The van der Waals surface area contributed by atoms with Gasteiger partial charge in [-0.1, -0.05) is 106 Å². The summed E-state index contributed by atoms with van der Waals surface area (Å²) < 4.78 is 43.2. The number of carbonyl (C=O) groups is 14. The van der Waals surface area contributed by atoms with Crippen molar-refractivity contribution in [3.05, 3.63) is 35.9 Å². The Labute approximate surface area is 613 Å². The Morgan fingerprint density at radius 1 is 0.660 bits per heavy atom. The van der Waals surface area contributed by atoms with Crippen molar-refractivity contribution in [2.75, 3.05) is 33.8 Å². The van der Waals surface area contributed by atoms with Gasteiger partial charge in [0.25, 0.3) is 5.91 Å². The molecule has 1 aliphatic heterocycles. The number of carboxylic acids is 1. The highest BCUT2D eigenvalue weighted by molar-refractivity contribution is 6.00. The average Bonchev–Trinajstić information content (AvgIpc) is 0.813. The smallest absolute Gasteiger partial charge is 0.475 e. The third-order valence-corrected chi connectivity index (χ3v) is 15.7. The number of benzene rings is 1. The van der Waals surface area contributed by atoms with Crippen LogP contribution in [0.1, 0.15) is 147 Å². The molecule has 1 fully saturated rings. The van der Waals surface area contributed by atoms with Gasteiger partial charge in [-0.3, -0.25) is 57.7 Å². The second kappa shape index (κ2) is 44.5. The molecule has 39 heteroatoms. The summed E-state index contributed by atoms with van der Waals surface area (Å²) in [4.78, 5) is 201. The lowest BCUT2D eigenvalue weighted by atomic mass is 9.95. The van der Waals surface area contributed by atoms with Crippen molar-refractivity contribution < 1.29 is 115 Å². The van der Waals surface area contributed by atoms with E-state index in [-0.39, 0.29) is 62.5 Å². The maximum atomic E-state index is 15.6. The van der Waals surface area contributed by atoms with Gasteiger partial charge in [-0.25, -0.2) is 14.4 Å². The number of halogens is 3. The monoisotopic (exact) mass is 1520 g/mol. The highest BCUT2D eigenvalue weighted by atomic mass is 19.4. The van der Waals surface area contributed by atoms with E-state index in [1.807, 2.05) is 0 Å². The number of aliphatic imine (C=N–C) groups is 1. The lowest BCUT2D eigenvalue weighted by molar-refractivity contribution is -0.192. The van der Waals surface area contributed by atoms with E-state index in [2.05, 4.69) is 63.5 Å². The molecule has 36 nitrogen and oxygen atoms in total. The minimum absolute atomic E-state index is 0.0345. The van der Waals surface area contributed by atoms with Gasteiger partial charge in [0.15, 0.2) is 24.2 Å². The lowest BCUT2D eigenvalue weighted by Gasteiger charge is -2.34. The van der Waals surface area contributed by atoms with E-state index in [0.717, 1.165) is 11.8 Å². The average molecular weight is 1520 g/mol. The molecular formula is C67H110F3N15O21. The molecule has 0 aliphatic carbocycles. The van der Waals surface area contributed by atoms with Crippen molar-refractivity contribution in [3.63, 3.8) is 0 Å². The van der Waals surface area contributed by atoms with Gasteiger partial charge in [-0.2, -0.15) is 13.2 Å². The molecule has 20 N–H and O–H groups in total. The van der Waals surface area contributed by atoms with Crippen molar-refractivity contribution >= 4 is 89.0 Å². The quantitative estimate of drug-likeness (QED) is 0.0218. The number of nitrogens with one attached hydrogen (secondary N) is 11. The van der Waals surface area contributed by atoms with E-state index in [1.165, 1.54) is 58.3 Å². The number of hydrogen-bond acceptors (Lipinski definition) is 21. The summed E-state index contributed by atoms with van der Waals surface area (Å²) in [5, 5.41) is 79.0. The minimum Gasteiger partial charge on any atom is -0.475 e. The van der Waals surface area contributed by atoms with Crippen LogP contribution >= 0.6 is 0 Å². The molecule has 106 heavy (non-hydrogen) atoms. The standard InChI is InChI=1S/C65H109N15O19.C2HF3O2/c1-17-35(10)44-57(91)77-45(36(11)82)56(90)69-29-43(83)75-47(50(85)61(95)80(15)16)59(93)73-42(30-81)62(96)98-51(37-22-19-18-20-23-37)48(79-55(89)40(27-32(4)5)71-54(88)41(28-33(6)7)74-64(97)99-65(12,13)14)60(94)78-46(49(84)34(8)9)58(92)72-39(26-31(2)3)53(87)70-38(52(86)76-44)24-21-25-68-63(66)67;3-2(4,5)1(6)7/h18-20,22-23,31-36,38-42,44-51,81-82,84-85H,17,21,24-30H2,1-16H3,(H,69,90)(H,70,87)(H,71,88)(H,72,92)(H,73,93)(H,74,97)(H,75,83)(H,76,86)(H,77,91)(H,78,94)(H,79,89)(H4,66,67,68);(H,6,7)/t35-,36-,38+,39-,40-,41+,42-,44-,45-,46-,47-,48-,49+,50-,51+;/m0./s1. The number of esters is 1. The van der Waals surface area contributed by atoms with Crippen molar-refractivity contribution in [3.8, 4) is 0 Å². The Bertz CT molecular complexity index is 3170. The van der Waals surface area contributed by atoms with Gasteiger partial charge < -0.3 is 110 Å². The number of likely N-dealkylation sites (N-methyl/N-ethyl adjacent to an activating group) is 1. The van der Waals surface area contributed by atoms with Crippen LogP contribution in [-0.4, -0.2) is 244 Å². The Hall–Kier alpha value is -9.50. The zero-order chi connectivity index (χ0) is 81.6. The van der Waals surface area contributed by atoms with Crippen LogP contribution in [-0.2, 0) is 71.8 Å². The summed E-state index contributed by atoms with van der Waals surface area (Å²) in [6.07, 6.45) is -14.4. The van der Waals surface area contributed by atoms with Crippen molar-refractivity contribution in [1.82, 2.24) is 63.4 Å². The highest BCUT2D eigenvalue weighted by Gasteiger charge is 2.45. The maximum Gasteiger partial charge on any atom is 0.490 e. The van der Waals surface area contributed by atoms with Crippen LogP contribution in [0.15, 0.2) is 35.3 Å². The number of ether oxygens (including phenoxy) is 2.